The summed E-state index contributed by atoms with van der Waals surface area (Å²) in [5, 5.41) is 3.02. The van der Waals surface area contributed by atoms with Gasteiger partial charge in [0.05, 0.1) is 12.5 Å². The van der Waals surface area contributed by atoms with Gasteiger partial charge in [-0.25, -0.2) is 0 Å². The standard InChI is InChI=1S/C19H30N2O2/c1-3-4-5-6-14-23-18-11-9-17(10-12-18)20-19(22)16-8-7-13-21(2)15-16/h9-12,16H,3-8,13-15H2,1-2H3,(H,20,22). The lowest BCUT2D eigenvalue weighted by Crippen LogP contribution is -2.38. The molecule has 1 fully saturated rings. The Morgan fingerprint density at radius 2 is 2.04 bits per heavy atom. The lowest BCUT2D eigenvalue weighted by molar-refractivity contribution is -0.121. The van der Waals surface area contributed by atoms with Gasteiger partial charge in [-0.2, -0.15) is 0 Å². The molecule has 4 nitrogen and oxygen atoms in total. The summed E-state index contributed by atoms with van der Waals surface area (Å²) in [6.45, 7) is 4.91. The number of nitrogens with zero attached hydrogens (tertiary/aromatic N) is 1. The Kier molecular flexibility index (Phi) is 7.40. The molecule has 0 saturated carbocycles. The zero-order valence-electron chi connectivity index (χ0n) is 14.5. The summed E-state index contributed by atoms with van der Waals surface area (Å²) in [6.07, 6.45) is 6.91. The van der Waals surface area contributed by atoms with E-state index in [4.69, 9.17) is 4.74 Å². The van der Waals surface area contributed by atoms with Gasteiger partial charge in [0.1, 0.15) is 5.75 Å². The number of nitrogens with one attached hydrogen (secondary N) is 1. The van der Waals surface area contributed by atoms with Crippen LogP contribution in [0.15, 0.2) is 24.3 Å². The van der Waals surface area contributed by atoms with E-state index in [9.17, 15) is 4.79 Å². The highest BCUT2D eigenvalue weighted by molar-refractivity contribution is 5.92. The monoisotopic (exact) mass is 318 g/mol. The molecule has 128 valence electrons. The van der Waals surface area contributed by atoms with Gasteiger partial charge in [-0.3, -0.25) is 4.79 Å². The maximum Gasteiger partial charge on any atom is 0.228 e. The zero-order valence-corrected chi connectivity index (χ0v) is 14.5. The van der Waals surface area contributed by atoms with E-state index in [0.29, 0.717) is 0 Å². The van der Waals surface area contributed by atoms with Crippen LogP contribution >= 0.6 is 0 Å². The van der Waals surface area contributed by atoms with Crippen molar-refractivity contribution in [3.63, 3.8) is 0 Å². The van der Waals surface area contributed by atoms with Crippen molar-refractivity contribution in [2.45, 2.75) is 45.4 Å². The van der Waals surface area contributed by atoms with Crippen molar-refractivity contribution >= 4 is 11.6 Å². The molecule has 1 atom stereocenters. The summed E-state index contributed by atoms with van der Waals surface area (Å²) in [5.74, 6) is 1.10. The van der Waals surface area contributed by atoms with Crippen LogP contribution in [0.2, 0.25) is 0 Å². The van der Waals surface area contributed by atoms with Crippen LogP contribution in [0.3, 0.4) is 0 Å². The lowest BCUT2D eigenvalue weighted by Gasteiger charge is -2.28. The summed E-state index contributed by atoms with van der Waals surface area (Å²) < 4.78 is 5.72. The Balaban J connectivity index is 1.74. The number of carbonyl (C=O) groups excluding carboxylic acids is 1. The van der Waals surface area contributed by atoms with Gasteiger partial charge in [-0.15, -0.1) is 0 Å². The number of piperidine rings is 1. The third kappa shape index (κ3) is 6.22. The first-order chi connectivity index (χ1) is 11.2. The second kappa shape index (κ2) is 9.56. The quantitative estimate of drug-likeness (QED) is 0.739. The van der Waals surface area contributed by atoms with Crippen LogP contribution in [0, 0.1) is 5.92 Å². The van der Waals surface area contributed by atoms with Crippen LogP contribution in [-0.2, 0) is 4.79 Å². The molecule has 0 aliphatic carbocycles. The molecular weight excluding hydrogens is 288 g/mol. The maximum atomic E-state index is 12.3. The molecule has 1 heterocycles. The lowest BCUT2D eigenvalue weighted by atomic mass is 9.97. The first-order valence-electron chi connectivity index (χ1n) is 8.91. The Hall–Kier alpha value is -1.55. The number of rotatable bonds is 8. The topological polar surface area (TPSA) is 41.6 Å². The van der Waals surface area contributed by atoms with Crippen LogP contribution in [0.1, 0.15) is 45.4 Å². The predicted molar refractivity (Wildman–Crippen MR) is 94.9 cm³/mol. The number of ether oxygens (including phenoxy) is 1. The van der Waals surface area contributed by atoms with E-state index in [1.807, 2.05) is 24.3 Å². The number of hydrogen-bond donors (Lipinski definition) is 1. The average Bonchev–Trinajstić information content (AvgIpc) is 2.56. The van der Waals surface area contributed by atoms with E-state index in [1.165, 1.54) is 19.3 Å². The van der Waals surface area contributed by atoms with Crippen LogP contribution in [0.25, 0.3) is 0 Å². The fraction of sp³-hybridized carbons (Fsp3) is 0.632. The first kappa shape index (κ1) is 17.8. The first-order valence-corrected chi connectivity index (χ1v) is 8.91. The van der Waals surface area contributed by atoms with Crippen molar-refractivity contribution in [1.82, 2.24) is 4.90 Å². The minimum Gasteiger partial charge on any atom is -0.494 e. The highest BCUT2D eigenvalue weighted by atomic mass is 16.5. The third-order valence-corrected chi connectivity index (χ3v) is 4.38. The number of anilines is 1. The molecule has 0 bridgehead atoms. The second-order valence-electron chi connectivity index (χ2n) is 6.52. The van der Waals surface area contributed by atoms with Gasteiger partial charge in [-0.1, -0.05) is 26.2 Å². The van der Waals surface area contributed by atoms with E-state index in [-0.39, 0.29) is 11.8 Å². The number of benzene rings is 1. The Labute approximate surface area is 140 Å². The minimum absolute atomic E-state index is 0.100. The third-order valence-electron chi connectivity index (χ3n) is 4.38. The second-order valence-corrected chi connectivity index (χ2v) is 6.52. The van der Waals surface area contributed by atoms with E-state index in [1.54, 1.807) is 0 Å². The van der Waals surface area contributed by atoms with Crippen LogP contribution in [0.4, 0.5) is 5.69 Å². The molecule has 1 aromatic carbocycles. The highest BCUT2D eigenvalue weighted by Crippen LogP contribution is 2.20. The molecule has 2 rings (SSSR count). The fourth-order valence-electron chi connectivity index (χ4n) is 2.98. The largest absolute Gasteiger partial charge is 0.494 e. The molecule has 1 aromatic rings. The number of likely N-dealkylation sites (tertiary alicyclic amines) is 1. The molecule has 1 N–H and O–H groups in total. The van der Waals surface area contributed by atoms with Crippen molar-refractivity contribution in [2.75, 3.05) is 32.1 Å². The molecule has 1 aliphatic rings. The summed E-state index contributed by atoms with van der Waals surface area (Å²) in [5.41, 5.74) is 0.849. The molecule has 1 aliphatic heterocycles. The van der Waals surface area contributed by atoms with Gasteiger partial charge in [-0.05, 0) is 57.1 Å². The van der Waals surface area contributed by atoms with E-state index in [2.05, 4.69) is 24.2 Å². The van der Waals surface area contributed by atoms with Crippen molar-refractivity contribution in [3.8, 4) is 5.75 Å². The van der Waals surface area contributed by atoms with Crippen LogP contribution < -0.4 is 10.1 Å². The van der Waals surface area contributed by atoms with Gasteiger partial charge in [0.25, 0.3) is 0 Å². The van der Waals surface area contributed by atoms with Gasteiger partial charge >= 0.3 is 0 Å². The number of unbranched alkanes of at least 4 members (excludes halogenated alkanes) is 3. The average molecular weight is 318 g/mol. The Morgan fingerprint density at radius 3 is 2.74 bits per heavy atom. The van der Waals surface area contributed by atoms with Crippen molar-refractivity contribution in [3.05, 3.63) is 24.3 Å². The molecule has 0 radical (unpaired) electrons. The molecule has 1 unspecified atom stereocenters. The van der Waals surface area contributed by atoms with Crippen LogP contribution in [-0.4, -0.2) is 37.6 Å². The van der Waals surface area contributed by atoms with E-state index >= 15 is 0 Å². The van der Waals surface area contributed by atoms with Gasteiger partial charge < -0.3 is 15.0 Å². The highest BCUT2D eigenvalue weighted by Gasteiger charge is 2.23. The van der Waals surface area contributed by atoms with Gasteiger partial charge in [0.2, 0.25) is 5.91 Å². The van der Waals surface area contributed by atoms with Crippen molar-refractivity contribution < 1.29 is 9.53 Å². The summed E-state index contributed by atoms with van der Waals surface area (Å²) in [4.78, 5) is 14.5. The van der Waals surface area contributed by atoms with E-state index < -0.39 is 0 Å². The summed E-state index contributed by atoms with van der Waals surface area (Å²) in [6, 6.07) is 7.71. The predicted octanol–water partition coefficient (Wildman–Crippen LogP) is 3.93. The summed E-state index contributed by atoms with van der Waals surface area (Å²) >= 11 is 0. The molecule has 4 heteroatoms. The zero-order chi connectivity index (χ0) is 16.5. The maximum absolute atomic E-state index is 12.3. The molecule has 1 saturated heterocycles. The van der Waals surface area contributed by atoms with Crippen molar-refractivity contribution in [1.29, 1.82) is 0 Å². The fourth-order valence-corrected chi connectivity index (χ4v) is 2.98. The van der Waals surface area contributed by atoms with Crippen LogP contribution in [0.5, 0.6) is 5.75 Å². The summed E-state index contributed by atoms with van der Waals surface area (Å²) in [7, 11) is 2.08. The minimum atomic E-state index is 0.100. The molecule has 0 spiro atoms. The normalized spacial score (nSPS) is 18.6. The smallest absolute Gasteiger partial charge is 0.228 e. The van der Waals surface area contributed by atoms with Gasteiger partial charge in [0.15, 0.2) is 0 Å². The Bertz CT molecular complexity index is 473. The molecular formula is C19H30N2O2. The SMILES string of the molecule is CCCCCCOc1ccc(NC(=O)C2CCCN(C)C2)cc1. The van der Waals surface area contributed by atoms with E-state index in [0.717, 1.165) is 50.4 Å². The Morgan fingerprint density at radius 1 is 1.26 bits per heavy atom. The number of carbonyl (C=O) groups is 1. The van der Waals surface area contributed by atoms with Crippen molar-refractivity contribution in [2.24, 2.45) is 5.92 Å². The number of amides is 1. The molecule has 23 heavy (non-hydrogen) atoms. The van der Waals surface area contributed by atoms with Gasteiger partial charge in [0, 0.05) is 12.2 Å². The molecule has 0 aromatic heterocycles. The molecule has 1 amide bonds. The number of hydrogen-bond acceptors (Lipinski definition) is 3.